The molecule has 2 aromatic carbocycles. The molecule has 2 aliphatic rings. The van der Waals surface area contributed by atoms with Crippen LogP contribution in [0, 0.1) is 17.2 Å². The highest BCUT2D eigenvalue weighted by molar-refractivity contribution is 7.92. The van der Waals surface area contributed by atoms with Crippen molar-refractivity contribution in [2.24, 2.45) is 5.92 Å². The first-order valence-corrected chi connectivity index (χ1v) is 11.3. The predicted octanol–water partition coefficient (Wildman–Crippen LogP) is 2.58. The monoisotopic (exact) mass is 397 g/mol. The quantitative estimate of drug-likeness (QED) is 0.839. The van der Waals surface area contributed by atoms with Gasteiger partial charge in [-0.25, -0.2) is 8.42 Å². The molecule has 0 saturated carbocycles. The molecule has 1 fully saturated rings. The summed E-state index contributed by atoms with van der Waals surface area (Å²) >= 11 is 0. The van der Waals surface area contributed by atoms with Gasteiger partial charge in [0.05, 0.1) is 24.5 Å². The zero-order valence-electron chi connectivity index (χ0n) is 15.8. The Morgan fingerprint density at radius 3 is 2.71 bits per heavy atom. The number of hydrogen-bond donors (Lipinski definition) is 1. The molecule has 0 radical (unpaired) electrons. The highest BCUT2D eigenvalue weighted by Crippen LogP contribution is 2.41. The third kappa shape index (κ3) is 4.13. The summed E-state index contributed by atoms with van der Waals surface area (Å²) in [5, 5.41) is 9.18. The zero-order chi connectivity index (χ0) is 19.7. The number of benzene rings is 2. The van der Waals surface area contributed by atoms with E-state index in [-0.39, 0.29) is 0 Å². The molecule has 0 amide bonds. The van der Waals surface area contributed by atoms with Gasteiger partial charge in [-0.1, -0.05) is 12.1 Å². The highest BCUT2D eigenvalue weighted by atomic mass is 32.2. The number of anilines is 1. The first kappa shape index (κ1) is 18.8. The molecule has 0 spiro atoms. The molecular formula is C21H23N3O3S. The molecule has 146 valence electrons. The fourth-order valence-electron chi connectivity index (χ4n) is 4.14. The Kier molecular flexibility index (Phi) is 5.00. The lowest BCUT2D eigenvalue weighted by atomic mass is 9.86. The molecule has 6 nitrogen and oxygen atoms in total. The molecule has 2 atom stereocenters. The topological polar surface area (TPSA) is 82.4 Å². The summed E-state index contributed by atoms with van der Waals surface area (Å²) in [5.41, 5.74) is 3.61. The third-order valence-corrected chi connectivity index (χ3v) is 6.09. The van der Waals surface area contributed by atoms with Crippen molar-refractivity contribution in [2.75, 3.05) is 37.2 Å². The number of nitriles is 1. The summed E-state index contributed by atoms with van der Waals surface area (Å²) in [6.45, 7) is 3.64. The van der Waals surface area contributed by atoms with Crippen LogP contribution < -0.4 is 9.46 Å². The maximum absolute atomic E-state index is 11.3. The SMILES string of the molecule is CS(=O)(=O)Nc1ccc(CCN2C[C@@H]3COc4ccc(C#N)cc4[C@H]3C2)cc1. The summed E-state index contributed by atoms with van der Waals surface area (Å²) in [6.07, 6.45) is 2.06. The summed E-state index contributed by atoms with van der Waals surface area (Å²) in [6, 6.07) is 15.5. The van der Waals surface area contributed by atoms with Crippen molar-refractivity contribution in [2.45, 2.75) is 12.3 Å². The van der Waals surface area contributed by atoms with Crippen molar-refractivity contribution < 1.29 is 13.2 Å². The molecule has 1 N–H and O–H groups in total. The van der Waals surface area contributed by atoms with Crippen molar-refractivity contribution >= 4 is 15.7 Å². The minimum atomic E-state index is -3.25. The Morgan fingerprint density at radius 2 is 2.00 bits per heavy atom. The lowest BCUT2D eigenvalue weighted by molar-refractivity contribution is 0.213. The molecule has 0 unspecified atom stereocenters. The number of nitrogens with zero attached hydrogens (tertiary/aromatic N) is 2. The van der Waals surface area contributed by atoms with Crippen LogP contribution in [0.3, 0.4) is 0 Å². The number of rotatable bonds is 5. The van der Waals surface area contributed by atoms with Gasteiger partial charge < -0.3 is 9.64 Å². The van der Waals surface area contributed by atoms with E-state index in [1.165, 1.54) is 5.56 Å². The number of ether oxygens (including phenoxy) is 1. The maximum Gasteiger partial charge on any atom is 0.229 e. The van der Waals surface area contributed by atoms with E-state index in [4.69, 9.17) is 4.74 Å². The number of hydrogen-bond acceptors (Lipinski definition) is 5. The maximum atomic E-state index is 11.3. The van der Waals surface area contributed by atoms with Gasteiger partial charge in [-0.15, -0.1) is 0 Å². The zero-order valence-corrected chi connectivity index (χ0v) is 16.6. The lowest BCUT2D eigenvalue weighted by Gasteiger charge is -2.27. The van der Waals surface area contributed by atoms with Gasteiger partial charge in [0, 0.05) is 42.7 Å². The van der Waals surface area contributed by atoms with E-state index in [0.29, 0.717) is 23.1 Å². The smallest absolute Gasteiger partial charge is 0.229 e. The average Bonchev–Trinajstić information content (AvgIpc) is 3.09. The number of likely N-dealkylation sites (tertiary alicyclic amines) is 1. The van der Waals surface area contributed by atoms with E-state index in [2.05, 4.69) is 15.7 Å². The van der Waals surface area contributed by atoms with Crippen molar-refractivity contribution in [1.29, 1.82) is 5.26 Å². The second kappa shape index (κ2) is 7.46. The van der Waals surface area contributed by atoms with Crippen LogP contribution >= 0.6 is 0 Å². The van der Waals surface area contributed by atoms with Crippen molar-refractivity contribution in [3.8, 4) is 11.8 Å². The minimum absolute atomic E-state index is 0.415. The Morgan fingerprint density at radius 1 is 1.21 bits per heavy atom. The summed E-state index contributed by atoms with van der Waals surface area (Å²) in [7, 11) is -3.25. The standard InChI is InChI=1S/C21H23N3O3S/c1-28(25,26)23-18-5-2-15(3-6-18)8-9-24-12-17-14-27-21-7-4-16(11-22)10-19(21)20(17)13-24/h2-7,10,17,20,23H,8-9,12-14H2,1H3/t17-,20+/m1/s1. The highest BCUT2D eigenvalue weighted by Gasteiger charge is 2.38. The van der Waals surface area contributed by atoms with Gasteiger partial charge >= 0.3 is 0 Å². The average molecular weight is 398 g/mol. The summed E-state index contributed by atoms with van der Waals surface area (Å²) in [5.74, 6) is 1.79. The van der Waals surface area contributed by atoms with Crippen molar-refractivity contribution in [3.05, 3.63) is 59.2 Å². The first-order valence-electron chi connectivity index (χ1n) is 9.37. The molecule has 0 aliphatic carbocycles. The van der Waals surface area contributed by atoms with E-state index in [0.717, 1.165) is 50.2 Å². The first-order chi connectivity index (χ1) is 13.4. The second-order valence-electron chi connectivity index (χ2n) is 7.62. The molecule has 0 aromatic heterocycles. The Hall–Kier alpha value is -2.56. The van der Waals surface area contributed by atoms with Crippen LogP contribution in [0.1, 0.15) is 22.6 Å². The van der Waals surface area contributed by atoms with E-state index in [1.807, 2.05) is 30.3 Å². The van der Waals surface area contributed by atoms with E-state index in [1.54, 1.807) is 12.1 Å². The van der Waals surface area contributed by atoms with Gasteiger partial charge in [0.25, 0.3) is 0 Å². The van der Waals surface area contributed by atoms with Crippen LogP contribution in [0.2, 0.25) is 0 Å². The molecule has 0 bridgehead atoms. The van der Waals surface area contributed by atoms with Crippen LogP contribution in [0.4, 0.5) is 5.69 Å². The van der Waals surface area contributed by atoms with Crippen molar-refractivity contribution in [3.63, 3.8) is 0 Å². The van der Waals surface area contributed by atoms with Crippen molar-refractivity contribution in [1.82, 2.24) is 4.90 Å². The summed E-state index contributed by atoms with van der Waals surface area (Å²) in [4.78, 5) is 2.45. The van der Waals surface area contributed by atoms with Gasteiger partial charge in [-0.05, 0) is 42.3 Å². The van der Waals surface area contributed by atoms with Gasteiger partial charge in [0.15, 0.2) is 0 Å². The normalized spacial score (nSPS) is 21.3. The van der Waals surface area contributed by atoms with Gasteiger partial charge in [0.1, 0.15) is 5.75 Å². The molecule has 28 heavy (non-hydrogen) atoms. The Labute approximate surface area is 165 Å². The molecule has 4 rings (SSSR count). The van der Waals surface area contributed by atoms with Crippen LogP contribution in [0.25, 0.3) is 0 Å². The lowest BCUT2D eigenvalue weighted by Crippen LogP contribution is -2.25. The van der Waals surface area contributed by atoms with Crippen LogP contribution in [-0.4, -0.2) is 45.8 Å². The van der Waals surface area contributed by atoms with Crippen LogP contribution in [-0.2, 0) is 16.4 Å². The van der Waals surface area contributed by atoms with Gasteiger partial charge in [-0.3, -0.25) is 4.72 Å². The Balaban J connectivity index is 1.38. The third-order valence-electron chi connectivity index (χ3n) is 5.48. The largest absolute Gasteiger partial charge is 0.493 e. The van der Waals surface area contributed by atoms with Crippen LogP contribution in [0.5, 0.6) is 5.75 Å². The number of fused-ring (bicyclic) bond motifs is 3. The Bertz CT molecular complexity index is 1010. The van der Waals surface area contributed by atoms with Gasteiger partial charge in [0.2, 0.25) is 10.0 Å². The molecular weight excluding hydrogens is 374 g/mol. The molecule has 1 saturated heterocycles. The van der Waals surface area contributed by atoms with E-state index >= 15 is 0 Å². The number of sulfonamides is 1. The second-order valence-corrected chi connectivity index (χ2v) is 9.37. The molecule has 2 heterocycles. The minimum Gasteiger partial charge on any atom is -0.493 e. The van der Waals surface area contributed by atoms with Crippen LogP contribution in [0.15, 0.2) is 42.5 Å². The fraction of sp³-hybridized carbons (Fsp3) is 0.381. The molecule has 7 heteroatoms. The van der Waals surface area contributed by atoms with Gasteiger partial charge in [-0.2, -0.15) is 5.26 Å². The predicted molar refractivity (Wildman–Crippen MR) is 108 cm³/mol. The summed E-state index contributed by atoms with van der Waals surface area (Å²) < 4.78 is 31.0. The van der Waals surface area contributed by atoms with E-state index in [9.17, 15) is 13.7 Å². The van der Waals surface area contributed by atoms with E-state index < -0.39 is 10.0 Å². The molecule has 2 aliphatic heterocycles. The molecule has 2 aromatic rings. The fourth-order valence-corrected chi connectivity index (χ4v) is 4.71. The number of nitrogens with one attached hydrogen (secondary N) is 1.